The number of unbranched alkanes of at least 4 members (excludes halogenated alkanes) is 1. The lowest BCUT2D eigenvalue weighted by atomic mass is 9.69. The average molecular weight is 617 g/mol. The predicted molar refractivity (Wildman–Crippen MR) is 207 cm³/mol. The van der Waals surface area contributed by atoms with E-state index in [9.17, 15) is 0 Å². The van der Waals surface area contributed by atoms with Crippen molar-refractivity contribution < 1.29 is 0 Å². The lowest BCUT2D eigenvalue weighted by Gasteiger charge is -2.36. The van der Waals surface area contributed by atoms with E-state index >= 15 is 0 Å². The van der Waals surface area contributed by atoms with Gasteiger partial charge in [0.15, 0.2) is 0 Å². The van der Waals surface area contributed by atoms with Crippen LogP contribution in [0.5, 0.6) is 0 Å². The second kappa shape index (κ2) is 20.2. The average Bonchev–Trinajstić information content (AvgIpc) is 2.96. The highest BCUT2D eigenvalue weighted by Gasteiger charge is 2.30. The van der Waals surface area contributed by atoms with E-state index in [1.54, 1.807) is 0 Å². The zero-order valence-electron chi connectivity index (χ0n) is 30.1. The van der Waals surface area contributed by atoms with Crippen LogP contribution in [0.25, 0.3) is 0 Å². The van der Waals surface area contributed by atoms with Crippen molar-refractivity contribution in [3.05, 3.63) is 144 Å². The first-order valence-electron chi connectivity index (χ1n) is 18.4. The van der Waals surface area contributed by atoms with Crippen LogP contribution in [0.1, 0.15) is 112 Å². The molecule has 0 nitrogen and oxygen atoms in total. The van der Waals surface area contributed by atoms with Gasteiger partial charge in [-0.3, -0.25) is 0 Å². The van der Waals surface area contributed by atoms with E-state index in [0.29, 0.717) is 28.6 Å². The second-order valence-corrected chi connectivity index (χ2v) is 15.2. The van der Waals surface area contributed by atoms with Gasteiger partial charge >= 0.3 is 0 Å². The minimum Gasteiger partial charge on any atom is -0.0654 e. The van der Waals surface area contributed by atoms with E-state index in [-0.39, 0.29) is 0 Å². The maximum atomic E-state index is 2.58. The van der Waals surface area contributed by atoms with Gasteiger partial charge in [0.1, 0.15) is 0 Å². The minimum atomic E-state index is 0.294. The number of rotatable bonds is 17. The smallest absolute Gasteiger partial charge is 0.0157 e. The number of hydrogen-bond acceptors (Lipinski definition) is 0. The third kappa shape index (κ3) is 14.1. The van der Waals surface area contributed by atoms with Gasteiger partial charge in [-0.15, -0.1) is 0 Å². The molecule has 0 heteroatoms. The quantitative estimate of drug-likeness (QED) is 0.152. The van der Waals surface area contributed by atoms with Gasteiger partial charge in [-0.05, 0) is 90.2 Å². The Labute approximate surface area is 284 Å². The van der Waals surface area contributed by atoms with Crippen molar-refractivity contribution in [1.29, 1.82) is 0 Å². The normalized spacial score (nSPS) is 19.6. The third-order valence-electron chi connectivity index (χ3n) is 10.0. The van der Waals surface area contributed by atoms with Gasteiger partial charge in [0.2, 0.25) is 0 Å². The fourth-order valence-corrected chi connectivity index (χ4v) is 7.15. The third-order valence-corrected chi connectivity index (χ3v) is 10.0. The molecule has 0 aromatic rings. The fourth-order valence-electron chi connectivity index (χ4n) is 7.15. The number of allylic oxidation sites excluding steroid dienone is 24. The first kappa shape index (κ1) is 37.3. The SMILES string of the molecule is CCCCC(CCCC(CC(C)(CC)CCC(CC(C)(C)C)C1=CC=CC=CC=C1)C1=CC=CC=CC=C1)C1=CC=CC=CC=C1. The molecule has 0 aliphatic heterocycles. The predicted octanol–water partition coefficient (Wildman–Crippen LogP) is 14.0. The molecule has 0 aromatic heterocycles. The zero-order valence-corrected chi connectivity index (χ0v) is 30.1. The summed E-state index contributed by atoms with van der Waals surface area (Å²) >= 11 is 0. The molecule has 0 saturated heterocycles. The summed E-state index contributed by atoms with van der Waals surface area (Å²) in [4.78, 5) is 0. The van der Waals surface area contributed by atoms with Crippen molar-refractivity contribution in [2.75, 3.05) is 0 Å². The van der Waals surface area contributed by atoms with Crippen LogP contribution in [0.4, 0.5) is 0 Å². The molecule has 0 saturated carbocycles. The van der Waals surface area contributed by atoms with Crippen LogP contribution in [0.3, 0.4) is 0 Å². The van der Waals surface area contributed by atoms with Crippen molar-refractivity contribution in [2.45, 2.75) is 112 Å². The highest BCUT2D eigenvalue weighted by atomic mass is 14.4. The van der Waals surface area contributed by atoms with Gasteiger partial charge in [0.25, 0.3) is 0 Å². The van der Waals surface area contributed by atoms with Crippen LogP contribution < -0.4 is 0 Å². The molecule has 46 heavy (non-hydrogen) atoms. The summed E-state index contributed by atoms with van der Waals surface area (Å²) in [7, 11) is 0. The molecular formula is C46H64. The lowest BCUT2D eigenvalue weighted by molar-refractivity contribution is 0.193. The molecule has 0 radical (unpaired) electrons. The van der Waals surface area contributed by atoms with Gasteiger partial charge in [0, 0.05) is 0 Å². The van der Waals surface area contributed by atoms with Gasteiger partial charge in [-0.1, -0.05) is 195 Å². The van der Waals surface area contributed by atoms with Crippen LogP contribution in [-0.4, -0.2) is 0 Å². The van der Waals surface area contributed by atoms with Crippen molar-refractivity contribution >= 4 is 0 Å². The van der Waals surface area contributed by atoms with E-state index < -0.39 is 0 Å². The molecule has 0 amide bonds. The fraction of sp³-hybridized carbons (Fsp3) is 0.478. The Hall–Kier alpha value is -3.12. The van der Waals surface area contributed by atoms with E-state index in [4.69, 9.17) is 0 Å². The molecule has 3 rings (SSSR count). The molecule has 0 fully saturated rings. The summed E-state index contributed by atoms with van der Waals surface area (Å²) < 4.78 is 0. The second-order valence-electron chi connectivity index (χ2n) is 15.2. The van der Waals surface area contributed by atoms with Crippen molar-refractivity contribution in [1.82, 2.24) is 0 Å². The molecule has 0 heterocycles. The lowest BCUT2D eigenvalue weighted by Crippen LogP contribution is -2.24. The Bertz CT molecular complexity index is 1280. The van der Waals surface area contributed by atoms with Crippen LogP contribution in [0.2, 0.25) is 0 Å². The van der Waals surface area contributed by atoms with E-state index in [0.717, 1.165) is 0 Å². The Kier molecular flexibility index (Phi) is 16.4. The zero-order chi connectivity index (χ0) is 33.1. The van der Waals surface area contributed by atoms with Crippen LogP contribution in [0.15, 0.2) is 144 Å². The molecule has 4 atom stereocenters. The van der Waals surface area contributed by atoms with Crippen molar-refractivity contribution in [3.63, 3.8) is 0 Å². The summed E-state index contributed by atoms with van der Waals surface area (Å²) in [6.45, 7) is 14.5. The Balaban J connectivity index is 1.80. The van der Waals surface area contributed by atoms with Gasteiger partial charge < -0.3 is 0 Å². The summed E-state index contributed by atoms with van der Waals surface area (Å²) in [5.74, 6) is 1.75. The number of hydrogen-bond donors (Lipinski definition) is 0. The largest absolute Gasteiger partial charge is 0.0654 e. The van der Waals surface area contributed by atoms with Gasteiger partial charge in [-0.2, -0.15) is 0 Å². The molecule has 0 spiro atoms. The topological polar surface area (TPSA) is 0 Å². The summed E-state index contributed by atoms with van der Waals surface area (Å²) in [5.41, 5.74) is 5.06. The van der Waals surface area contributed by atoms with Gasteiger partial charge in [0.05, 0.1) is 0 Å². The molecule has 3 aliphatic carbocycles. The minimum absolute atomic E-state index is 0.294. The van der Waals surface area contributed by atoms with Gasteiger partial charge in [-0.25, -0.2) is 0 Å². The van der Waals surface area contributed by atoms with Crippen LogP contribution in [0, 0.1) is 28.6 Å². The van der Waals surface area contributed by atoms with E-state index in [1.165, 1.54) is 87.3 Å². The maximum Gasteiger partial charge on any atom is -0.0157 e. The highest BCUT2D eigenvalue weighted by molar-refractivity contribution is 5.35. The van der Waals surface area contributed by atoms with Crippen LogP contribution >= 0.6 is 0 Å². The highest BCUT2D eigenvalue weighted by Crippen LogP contribution is 2.43. The first-order chi connectivity index (χ1) is 22.2. The summed E-state index contributed by atoms with van der Waals surface area (Å²) in [5, 5.41) is 0. The molecular weight excluding hydrogens is 553 g/mol. The Morgan fingerprint density at radius 2 is 0.870 bits per heavy atom. The maximum absolute atomic E-state index is 2.58. The Morgan fingerprint density at radius 1 is 0.457 bits per heavy atom. The molecule has 0 aromatic carbocycles. The molecule has 4 unspecified atom stereocenters. The molecule has 0 N–H and O–H groups in total. The van der Waals surface area contributed by atoms with E-state index in [2.05, 4.69) is 169 Å². The summed E-state index contributed by atoms with van der Waals surface area (Å²) in [6.07, 6.45) is 60.7. The molecule has 248 valence electrons. The summed E-state index contributed by atoms with van der Waals surface area (Å²) in [6, 6.07) is 0. The first-order valence-corrected chi connectivity index (χ1v) is 18.4. The monoisotopic (exact) mass is 617 g/mol. The molecule has 0 bridgehead atoms. The van der Waals surface area contributed by atoms with Crippen molar-refractivity contribution in [3.8, 4) is 0 Å². The molecule has 3 aliphatic rings. The van der Waals surface area contributed by atoms with Crippen LogP contribution in [-0.2, 0) is 0 Å². The Morgan fingerprint density at radius 3 is 1.35 bits per heavy atom. The van der Waals surface area contributed by atoms with Crippen molar-refractivity contribution in [2.24, 2.45) is 28.6 Å². The van der Waals surface area contributed by atoms with E-state index in [1.807, 2.05) is 0 Å². The standard InChI is InChI=1S/C46H64/c1-7-9-26-39(40-27-19-13-10-14-20-28-40)33-25-34-43(41-29-21-15-11-16-22-30-41)38-46(6,8-2)36-35-44(37-45(3,4)5)42-31-23-17-12-18-24-32-42/h10-24,27-32,39,43-44H,7-9,25-26,33-38H2,1-6H3.